The van der Waals surface area contributed by atoms with Crippen molar-refractivity contribution < 1.29 is 4.42 Å². The summed E-state index contributed by atoms with van der Waals surface area (Å²) in [5, 5.41) is 5.97. The van der Waals surface area contributed by atoms with Crippen molar-refractivity contribution in [2.75, 3.05) is 5.32 Å². The molecule has 0 radical (unpaired) electrons. The first kappa shape index (κ1) is 18.3. The van der Waals surface area contributed by atoms with E-state index < -0.39 is 5.41 Å². The molecule has 2 nitrogen and oxygen atoms in total. The molecular weight excluding hydrogens is 402 g/mol. The Morgan fingerprint density at radius 1 is 0.485 bits per heavy atom. The van der Waals surface area contributed by atoms with Crippen LogP contribution in [0.3, 0.4) is 0 Å². The lowest BCUT2D eigenvalue weighted by atomic mass is 9.63. The molecule has 1 aromatic heterocycles. The third-order valence-corrected chi connectivity index (χ3v) is 6.95. The molecule has 0 saturated carbocycles. The lowest BCUT2D eigenvalue weighted by Crippen LogP contribution is -2.35. The van der Waals surface area contributed by atoms with Gasteiger partial charge in [0.2, 0.25) is 0 Å². The Hall–Kier alpha value is -4.30. The van der Waals surface area contributed by atoms with Crippen LogP contribution in [0.2, 0.25) is 0 Å². The van der Waals surface area contributed by atoms with Crippen molar-refractivity contribution in [3.8, 4) is 0 Å². The Kier molecular flexibility index (Phi) is 3.80. The SMILES string of the molecule is c1ccc(C2(c3ccc4c(c3)oc3ccccc34)c3ccccc3Nc3ccccc32)cc1. The van der Waals surface area contributed by atoms with Crippen LogP contribution in [-0.2, 0) is 5.41 Å². The molecule has 1 aliphatic rings. The van der Waals surface area contributed by atoms with E-state index in [1.807, 2.05) is 12.1 Å². The van der Waals surface area contributed by atoms with Gasteiger partial charge in [0, 0.05) is 22.1 Å². The van der Waals surface area contributed by atoms with Crippen LogP contribution < -0.4 is 5.32 Å². The van der Waals surface area contributed by atoms with Gasteiger partial charge in [-0.1, -0.05) is 97.1 Å². The molecule has 0 saturated heterocycles. The Morgan fingerprint density at radius 2 is 1.09 bits per heavy atom. The minimum atomic E-state index is -0.465. The molecule has 156 valence electrons. The molecule has 0 bridgehead atoms. The number of benzene rings is 5. The molecule has 5 aromatic carbocycles. The van der Waals surface area contributed by atoms with E-state index in [1.54, 1.807) is 0 Å². The molecule has 0 spiro atoms. The highest BCUT2D eigenvalue weighted by atomic mass is 16.3. The van der Waals surface area contributed by atoms with Crippen LogP contribution >= 0.6 is 0 Å². The topological polar surface area (TPSA) is 25.2 Å². The highest BCUT2D eigenvalue weighted by Crippen LogP contribution is 2.53. The van der Waals surface area contributed by atoms with Crippen molar-refractivity contribution in [3.63, 3.8) is 0 Å². The minimum Gasteiger partial charge on any atom is -0.456 e. The van der Waals surface area contributed by atoms with E-state index in [-0.39, 0.29) is 0 Å². The number of hydrogen-bond donors (Lipinski definition) is 1. The summed E-state index contributed by atoms with van der Waals surface area (Å²) in [7, 11) is 0. The third-order valence-electron chi connectivity index (χ3n) is 6.95. The van der Waals surface area contributed by atoms with Gasteiger partial charge in [-0.25, -0.2) is 0 Å². The van der Waals surface area contributed by atoms with Crippen LogP contribution in [0.5, 0.6) is 0 Å². The van der Waals surface area contributed by atoms with E-state index in [2.05, 4.69) is 115 Å². The van der Waals surface area contributed by atoms with Gasteiger partial charge in [0.15, 0.2) is 0 Å². The number of hydrogen-bond acceptors (Lipinski definition) is 2. The number of fused-ring (bicyclic) bond motifs is 5. The van der Waals surface area contributed by atoms with Gasteiger partial charge in [0.05, 0.1) is 5.41 Å². The largest absolute Gasteiger partial charge is 0.456 e. The second kappa shape index (κ2) is 6.85. The first-order valence-corrected chi connectivity index (χ1v) is 11.3. The molecule has 0 unspecified atom stereocenters. The lowest BCUT2D eigenvalue weighted by molar-refractivity contribution is 0.664. The van der Waals surface area contributed by atoms with Crippen LogP contribution in [0.15, 0.2) is 126 Å². The zero-order chi connectivity index (χ0) is 21.8. The maximum absolute atomic E-state index is 6.33. The monoisotopic (exact) mass is 423 g/mol. The average Bonchev–Trinajstić information content (AvgIpc) is 3.26. The van der Waals surface area contributed by atoms with Gasteiger partial charge in [-0.3, -0.25) is 0 Å². The predicted molar refractivity (Wildman–Crippen MR) is 135 cm³/mol. The molecule has 33 heavy (non-hydrogen) atoms. The van der Waals surface area contributed by atoms with E-state index in [0.29, 0.717) is 0 Å². The molecule has 7 rings (SSSR count). The Balaban J connectivity index is 1.63. The van der Waals surface area contributed by atoms with Gasteiger partial charge in [0.25, 0.3) is 0 Å². The normalized spacial score (nSPS) is 13.9. The van der Waals surface area contributed by atoms with Crippen LogP contribution in [-0.4, -0.2) is 0 Å². The Morgan fingerprint density at radius 3 is 1.85 bits per heavy atom. The van der Waals surface area contributed by atoms with Crippen LogP contribution in [0, 0.1) is 0 Å². The maximum Gasteiger partial charge on any atom is 0.135 e. The highest BCUT2D eigenvalue weighted by Gasteiger charge is 2.44. The molecule has 0 amide bonds. The number of furan rings is 1. The first-order valence-electron chi connectivity index (χ1n) is 11.3. The molecule has 6 aromatic rings. The van der Waals surface area contributed by atoms with E-state index >= 15 is 0 Å². The molecule has 2 heteroatoms. The van der Waals surface area contributed by atoms with Crippen LogP contribution in [0.25, 0.3) is 21.9 Å². The molecule has 0 aliphatic carbocycles. The van der Waals surface area contributed by atoms with Crippen molar-refractivity contribution >= 4 is 33.3 Å². The average molecular weight is 424 g/mol. The number of anilines is 2. The van der Waals surface area contributed by atoms with Crippen molar-refractivity contribution in [2.45, 2.75) is 5.41 Å². The minimum absolute atomic E-state index is 0.465. The Labute approximate surface area is 192 Å². The van der Waals surface area contributed by atoms with Gasteiger partial charge in [0.1, 0.15) is 11.2 Å². The van der Waals surface area contributed by atoms with Crippen LogP contribution in [0.1, 0.15) is 22.3 Å². The van der Waals surface area contributed by atoms with E-state index in [1.165, 1.54) is 22.3 Å². The molecule has 0 atom stereocenters. The maximum atomic E-state index is 6.33. The summed E-state index contributed by atoms with van der Waals surface area (Å²) in [4.78, 5) is 0. The van der Waals surface area contributed by atoms with Crippen molar-refractivity contribution in [3.05, 3.63) is 144 Å². The molecule has 0 fully saturated rings. The summed E-state index contributed by atoms with van der Waals surface area (Å²) >= 11 is 0. The van der Waals surface area contributed by atoms with Gasteiger partial charge in [-0.2, -0.15) is 0 Å². The molecular formula is C31H21NO. The second-order valence-electron chi connectivity index (χ2n) is 8.64. The summed E-state index contributed by atoms with van der Waals surface area (Å²) in [6.45, 7) is 0. The molecule has 1 aliphatic heterocycles. The summed E-state index contributed by atoms with van der Waals surface area (Å²) < 4.78 is 6.33. The van der Waals surface area contributed by atoms with Gasteiger partial charge in [-0.15, -0.1) is 0 Å². The number of rotatable bonds is 2. The van der Waals surface area contributed by atoms with E-state index in [4.69, 9.17) is 4.42 Å². The van der Waals surface area contributed by atoms with Gasteiger partial charge >= 0.3 is 0 Å². The fourth-order valence-corrected chi connectivity index (χ4v) is 5.56. The van der Waals surface area contributed by atoms with E-state index in [9.17, 15) is 0 Å². The Bertz CT molecular complexity index is 1600. The zero-order valence-corrected chi connectivity index (χ0v) is 18.0. The summed E-state index contributed by atoms with van der Waals surface area (Å²) in [5.74, 6) is 0. The summed E-state index contributed by atoms with van der Waals surface area (Å²) in [5.41, 5.74) is 8.54. The van der Waals surface area contributed by atoms with Crippen molar-refractivity contribution in [1.82, 2.24) is 0 Å². The van der Waals surface area contributed by atoms with Crippen LogP contribution in [0.4, 0.5) is 11.4 Å². The van der Waals surface area contributed by atoms with E-state index in [0.717, 1.165) is 33.3 Å². The third kappa shape index (κ3) is 2.49. The first-order chi connectivity index (χ1) is 16.4. The fourth-order valence-electron chi connectivity index (χ4n) is 5.56. The number of nitrogens with one attached hydrogen (secondary N) is 1. The van der Waals surface area contributed by atoms with Crippen molar-refractivity contribution in [1.29, 1.82) is 0 Å². The van der Waals surface area contributed by atoms with Gasteiger partial charge in [-0.05, 0) is 46.5 Å². The fraction of sp³-hybridized carbons (Fsp3) is 0.0323. The van der Waals surface area contributed by atoms with Gasteiger partial charge < -0.3 is 9.73 Å². The highest BCUT2D eigenvalue weighted by molar-refractivity contribution is 6.05. The lowest BCUT2D eigenvalue weighted by Gasteiger charge is -2.42. The predicted octanol–water partition coefficient (Wildman–Crippen LogP) is 8.03. The quantitative estimate of drug-likeness (QED) is 0.304. The standard InChI is InChI=1S/C31H21NO/c1-2-10-21(11-3-1)31(22-18-19-24-23-12-4-9-17-29(23)33-30(24)20-22)25-13-5-7-15-27(25)32-28-16-8-6-14-26(28)31/h1-20,32H. The molecule has 1 N–H and O–H groups in total. The summed E-state index contributed by atoms with van der Waals surface area (Å²) in [6, 6.07) is 43.1. The number of para-hydroxylation sites is 3. The smallest absolute Gasteiger partial charge is 0.135 e. The summed E-state index contributed by atoms with van der Waals surface area (Å²) in [6.07, 6.45) is 0. The van der Waals surface area contributed by atoms with Crippen molar-refractivity contribution in [2.24, 2.45) is 0 Å². The zero-order valence-electron chi connectivity index (χ0n) is 18.0. The second-order valence-corrected chi connectivity index (χ2v) is 8.64. The molecule has 2 heterocycles.